The van der Waals surface area contributed by atoms with Crippen LogP contribution in [0.15, 0.2) is 24.3 Å². The molecule has 1 aromatic carbocycles. The van der Waals surface area contributed by atoms with Gasteiger partial charge in [0.05, 0.1) is 7.11 Å². The van der Waals surface area contributed by atoms with Gasteiger partial charge in [0.25, 0.3) is 0 Å². The highest BCUT2D eigenvalue weighted by Gasteiger charge is 2.24. The molecule has 1 saturated heterocycles. The molecule has 1 amide bonds. The molecule has 0 saturated carbocycles. The predicted molar refractivity (Wildman–Crippen MR) is 92.1 cm³/mol. The van der Waals surface area contributed by atoms with E-state index in [2.05, 4.69) is 22.3 Å². The topological polar surface area (TPSA) is 50.8 Å². The Morgan fingerprint density at radius 3 is 2.43 bits per heavy atom. The number of nitrogens with zero attached hydrogens (tertiary/aromatic N) is 1. The van der Waals surface area contributed by atoms with E-state index in [-0.39, 0.29) is 18.1 Å². The molecule has 0 bridgehead atoms. The third-order valence-corrected chi connectivity index (χ3v) is 4.31. The summed E-state index contributed by atoms with van der Waals surface area (Å²) in [6.07, 6.45) is 2.31. The van der Waals surface area contributed by atoms with Crippen LogP contribution < -0.4 is 15.0 Å². The fourth-order valence-electron chi connectivity index (χ4n) is 2.95. The number of hydrogen-bond donors (Lipinski definition) is 1. The second kappa shape index (κ2) is 8.77. The quantitative estimate of drug-likeness (QED) is 0.839. The van der Waals surface area contributed by atoms with E-state index < -0.39 is 0 Å². The standard InChI is InChI=1S/C18H28N2O3/c1-4-17(23-5-2)18(21)19-14-10-12-20(13-11-14)15-6-8-16(22-3)9-7-15/h6-9,14,17H,4-5,10-13H2,1-3H3,(H,19,21). The summed E-state index contributed by atoms with van der Waals surface area (Å²) in [5.74, 6) is 0.898. The number of amides is 1. The normalized spacial score (nSPS) is 16.9. The molecule has 0 aromatic heterocycles. The van der Waals surface area contributed by atoms with E-state index in [1.165, 1.54) is 5.69 Å². The maximum Gasteiger partial charge on any atom is 0.249 e. The number of anilines is 1. The Labute approximate surface area is 139 Å². The van der Waals surface area contributed by atoms with Gasteiger partial charge in [-0.05, 0) is 50.5 Å². The number of nitrogens with one attached hydrogen (secondary N) is 1. The molecule has 1 aromatic rings. The molecule has 1 N–H and O–H groups in total. The lowest BCUT2D eigenvalue weighted by molar-refractivity contribution is -0.133. The second-order valence-electron chi connectivity index (χ2n) is 5.82. The van der Waals surface area contributed by atoms with Crippen LogP contribution in [-0.2, 0) is 9.53 Å². The largest absolute Gasteiger partial charge is 0.497 e. The zero-order valence-electron chi connectivity index (χ0n) is 14.4. The van der Waals surface area contributed by atoms with Crippen molar-refractivity contribution in [2.45, 2.75) is 45.3 Å². The molecule has 1 aliphatic rings. The van der Waals surface area contributed by atoms with Crippen molar-refractivity contribution in [1.82, 2.24) is 5.32 Å². The average Bonchev–Trinajstić information content (AvgIpc) is 2.60. The van der Waals surface area contributed by atoms with Crippen LogP contribution in [0.3, 0.4) is 0 Å². The molecule has 2 rings (SSSR count). The molecular formula is C18H28N2O3. The predicted octanol–water partition coefficient (Wildman–Crippen LogP) is 2.60. The Bertz CT molecular complexity index is 482. The highest BCUT2D eigenvalue weighted by molar-refractivity contribution is 5.81. The molecule has 5 nitrogen and oxygen atoms in total. The molecule has 1 fully saturated rings. The number of rotatable bonds is 7. The molecular weight excluding hydrogens is 292 g/mol. The van der Waals surface area contributed by atoms with Gasteiger partial charge in [0, 0.05) is 31.4 Å². The summed E-state index contributed by atoms with van der Waals surface area (Å²) >= 11 is 0. The molecule has 0 radical (unpaired) electrons. The summed E-state index contributed by atoms with van der Waals surface area (Å²) in [7, 11) is 1.68. The number of hydrogen-bond acceptors (Lipinski definition) is 4. The minimum absolute atomic E-state index is 0.0252. The van der Waals surface area contributed by atoms with Crippen molar-refractivity contribution in [1.29, 1.82) is 0 Å². The molecule has 128 valence electrons. The van der Waals surface area contributed by atoms with Crippen LogP contribution in [0.2, 0.25) is 0 Å². The van der Waals surface area contributed by atoms with Crippen molar-refractivity contribution in [3.05, 3.63) is 24.3 Å². The summed E-state index contributed by atoms with van der Waals surface area (Å²) in [6, 6.07) is 8.38. The smallest absolute Gasteiger partial charge is 0.249 e. The van der Waals surface area contributed by atoms with E-state index in [1.54, 1.807) is 7.11 Å². The lowest BCUT2D eigenvalue weighted by Gasteiger charge is -2.34. The van der Waals surface area contributed by atoms with Gasteiger partial charge >= 0.3 is 0 Å². The number of methoxy groups -OCH3 is 1. The van der Waals surface area contributed by atoms with E-state index in [4.69, 9.17) is 9.47 Å². The van der Waals surface area contributed by atoms with Crippen LogP contribution in [0.25, 0.3) is 0 Å². The van der Waals surface area contributed by atoms with Gasteiger partial charge in [0.15, 0.2) is 0 Å². The van der Waals surface area contributed by atoms with Crippen LogP contribution in [0.5, 0.6) is 5.75 Å². The molecule has 0 aliphatic carbocycles. The summed E-state index contributed by atoms with van der Waals surface area (Å²) < 4.78 is 10.7. The first kappa shape index (κ1) is 17.6. The minimum atomic E-state index is -0.320. The molecule has 1 atom stereocenters. The zero-order chi connectivity index (χ0) is 16.7. The molecule has 5 heteroatoms. The van der Waals surface area contributed by atoms with Gasteiger partial charge in [0.2, 0.25) is 5.91 Å². The van der Waals surface area contributed by atoms with Crippen molar-refractivity contribution >= 4 is 11.6 Å². The maximum atomic E-state index is 12.2. The number of piperidine rings is 1. The number of carbonyl (C=O) groups excluding carboxylic acids is 1. The summed E-state index contributed by atoms with van der Waals surface area (Å²) in [4.78, 5) is 14.5. The molecule has 23 heavy (non-hydrogen) atoms. The van der Waals surface area contributed by atoms with Crippen LogP contribution in [0.1, 0.15) is 33.1 Å². The zero-order valence-corrected chi connectivity index (χ0v) is 14.4. The Hall–Kier alpha value is -1.75. The van der Waals surface area contributed by atoms with Crippen molar-refractivity contribution in [2.75, 3.05) is 31.7 Å². The first-order chi connectivity index (χ1) is 11.2. The van der Waals surface area contributed by atoms with Crippen LogP contribution in [0.4, 0.5) is 5.69 Å². The minimum Gasteiger partial charge on any atom is -0.497 e. The van der Waals surface area contributed by atoms with E-state index in [1.807, 2.05) is 26.0 Å². The second-order valence-corrected chi connectivity index (χ2v) is 5.82. The van der Waals surface area contributed by atoms with Gasteiger partial charge in [-0.15, -0.1) is 0 Å². The number of carbonyl (C=O) groups is 1. The third-order valence-electron chi connectivity index (χ3n) is 4.31. The van der Waals surface area contributed by atoms with E-state index in [0.717, 1.165) is 31.7 Å². The van der Waals surface area contributed by atoms with Gasteiger partial charge in [-0.3, -0.25) is 4.79 Å². The fourth-order valence-corrected chi connectivity index (χ4v) is 2.95. The van der Waals surface area contributed by atoms with E-state index in [0.29, 0.717) is 13.0 Å². The first-order valence-corrected chi connectivity index (χ1v) is 8.48. The Morgan fingerprint density at radius 1 is 1.26 bits per heavy atom. The number of ether oxygens (including phenoxy) is 2. The Balaban J connectivity index is 1.82. The monoisotopic (exact) mass is 320 g/mol. The van der Waals surface area contributed by atoms with Gasteiger partial charge in [-0.2, -0.15) is 0 Å². The van der Waals surface area contributed by atoms with Gasteiger partial charge in [-0.25, -0.2) is 0 Å². The molecule has 1 aliphatic heterocycles. The van der Waals surface area contributed by atoms with Gasteiger partial charge in [0.1, 0.15) is 11.9 Å². The molecule has 1 heterocycles. The van der Waals surface area contributed by atoms with Crippen molar-refractivity contribution in [3.8, 4) is 5.75 Å². The highest BCUT2D eigenvalue weighted by atomic mass is 16.5. The SMILES string of the molecule is CCOC(CC)C(=O)NC1CCN(c2ccc(OC)cc2)CC1. The third kappa shape index (κ3) is 4.86. The molecule has 1 unspecified atom stereocenters. The molecule has 0 spiro atoms. The Morgan fingerprint density at radius 2 is 1.91 bits per heavy atom. The summed E-state index contributed by atoms with van der Waals surface area (Å²) in [6.45, 7) is 6.36. The summed E-state index contributed by atoms with van der Waals surface area (Å²) in [5.41, 5.74) is 1.20. The van der Waals surface area contributed by atoms with Gasteiger partial charge < -0.3 is 19.7 Å². The number of benzene rings is 1. The van der Waals surface area contributed by atoms with Crippen LogP contribution in [0, 0.1) is 0 Å². The van der Waals surface area contributed by atoms with Crippen molar-refractivity contribution in [2.24, 2.45) is 0 Å². The van der Waals surface area contributed by atoms with Crippen LogP contribution in [-0.4, -0.2) is 44.9 Å². The Kier molecular flexibility index (Phi) is 6.71. The lowest BCUT2D eigenvalue weighted by atomic mass is 10.0. The van der Waals surface area contributed by atoms with Gasteiger partial charge in [-0.1, -0.05) is 6.92 Å². The van der Waals surface area contributed by atoms with E-state index in [9.17, 15) is 4.79 Å². The maximum absolute atomic E-state index is 12.2. The van der Waals surface area contributed by atoms with Crippen molar-refractivity contribution < 1.29 is 14.3 Å². The fraction of sp³-hybridized carbons (Fsp3) is 0.611. The summed E-state index contributed by atoms with van der Waals surface area (Å²) in [5, 5.41) is 3.13. The van der Waals surface area contributed by atoms with Crippen molar-refractivity contribution in [3.63, 3.8) is 0 Å². The first-order valence-electron chi connectivity index (χ1n) is 8.48. The van der Waals surface area contributed by atoms with E-state index >= 15 is 0 Å². The lowest BCUT2D eigenvalue weighted by Crippen LogP contribution is -2.48. The highest BCUT2D eigenvalue weighted by Crippen LogP contribution is 2.22. The average molecular weight is 320 g/mol. The van der Waals surface area contributed by atoms with Crippen LogP contribution >= 0.6 is 0 Å².